The van der Waals surface area contributed by atoms with Crippen LogP contribution >= 0.6 is 0 Å². The van der Waals surface area contributed by atoms with Crippen LogP contribution in [-0.4, -0.2) is 43.1 Å². The van der Waals surface area contributed by atoms with Crippen LogP contribution in [0.1, 0.15) is 16.7 Å². The molecule has 1 aliphatic rings. The normalized spacial score (nSPS) is 17.7. The number of aryl methyl sites for hydroxylation is 1. The highest BCUT2D eigenvalue weighted by Crippen LogP contribution is 2.49. The molecule has 10 heteroatoms. The van der Waals surface area contributed by atoms with E-state index in [0.29, 0.717) is 11.1 Å². The minimum absolute atomic E-state index is 0.0912. The van der Waals surface area contributed by atoms with Gasteiger partial charge >= 0.3 is 12.1 Å². The summed E-state index contributed by atoms with van der Waals surface area (Å²) < 4.78 is 49.8. The van der Waals surface area contributed by atoms with Crippen LogP contribution in [0.3, 0.4) is 0 Å². The summed E-state index contributed by atoms with van der Waals surface area (Å²) >= 11 is 0. The van der Waals surface area contributed by atoms with Gasteiger partial charge < -0.3 is 15.2 Å². The predicted octanol–water partition coefficient (Wildman–Crippen LogP) is 4.17. The fraction of sp³-hybridized carbons (Fsp3) is 0.192. The Morgan fingerprint density at radius 2 is 1.72 bits per heavy atom. The molecule has 7 nitrogen and oxygen atoms in total. The van der Waals surface area contributed by atoms with Crippen molar-refractivity contribution in [3.05, 3.63) is 83.4 Å². The summed E-state index contributed by atoms with van der Waals surface area (Å²) in [7, 11) is 2.81. The van der Waals surface area contributed by atoms with E-state index < -0.39 is 29.3 Å². The fourth-order valence-electron chi connectivity index (χ4n) is 4.19. The number of ether oxygens (including phenoxy) is 2. The molecule has 0 saturated carbocycles. The van der Waals surface area contributed by atoms with Crippen LogP contribution in [0, 0.1) is 6.92 Å². The number of nitrogens with two attached hydrogens (primary N) is 1. The Morgan fingerprint density at radius 3 is 2.31 bits per heavy atom. The van der Waals surface area contributed by atoms with Gasteiger partial charge in [-0.2, -0.15) is 13.2 Å². The monoisotopic (exact) mass is 497 g/mol. The summed E-state index contributed by atoms with van der Waals surface area (Å²) in [6.07, 6.45) is -5.25. The van der Waals surface area contributed by atoms with Crippen LogP contribution in [0.5, 0.6) is 11.5 Å². The molecule has 0 fully saturated rings. The number of aliphatic imine (C=N–C) groups is 1. The highest BCUT2D eigenvalue weighted by molar-refractivity contribution is 6.10. The number of esters is 1. The number of alkyl halides is 3. The van der Waals surface area contributed by atoms with Crippen LogP contribution in [0.15, 0.2) is 71.7 Å². The number of hydrogen-bond donors (Lipinski definition) is 1. The molecule has 1 unspecified atom stereocenters. The first-order chi connectivity index (χ1) is 17.0. The number of carbonyl (C=O) groups excluding carboxylic acids is 2. The van der Waals surface area contributed by atoms with Gasteiger partial charge in [-0.05, 0) is 24.1 Å². The molecule has 1 atom stereocenters. The first-order valence-corrected chi connectivity index (χ1v) is 10.8. The van der Waals surface area contributed by atoms with Crippen LogP contribution in [0.4, 0.5) is 13.2 Å². The highest BCUT2D eigenvalue weighted by atomic mass is 19.4. The van der Waals surface area contributed by atoms with Crippen molar-refractivity contribution in [2.45, 2.75) is 18.6 Å². The van der Waals surface area contributed by atoms with Crippen molar-refractivity contribution in [1.29, 1.82) is 0 Å². The second kappa shape index (κ2) is 9.03. The first-order valence-electron chi connectivity index (χ1n) is 10.8. The second-order valence-corrected chi connectivity index (χ2v) is 8.18. The Morgan fingerprint density at radius 1 is 1.03 bits per heavy atom. The van der Waals surface area contributed by atoms with Crippen molar-refractivity contribution >= 4 is 17.8 Å². The molecule has 0 spiro atoms. The van der Waals surface area contributed by atoms with Crippen LogP contribution in [0.2, 0.25) is 0 Å². The number of nitrogens with zero attached hydrogens (tertiary/aromatic N) is 2. The molecule has 2 N–H and O–H groups in total. The largest absolute Gasteiger partial charge is 0.496 e. The van der Waals surface area contributed by atoms with Crippen molar-refractivity contribution in [3.63, 3.8) is 0 Å². The summed E-state index contributed by atoms with van der Waals surface area (Å²) in [5.41, 5.74) is 6.07. The maximum atomic E-state index is 13.8. The molecular weight excluding hydrogens is 475 g/mol. The maximum absolute atomic E-state index is 13.8. The third kappa shape index (κ3) is 4.04. The van der Waals surface area contributed by atoms with E-state index in [2.05, 4.69) is 4.99 Å². The summed E-state index contributed by atoms with van der Waals surface area (Å²) in [4.78, 5) is 31.1. The highest BCUT2D eigenvalue weighted by Gasteiger charge is 2.53. The molecule has 1 heterocycles. The molecular formula is C26H22F3N3O4. The smallest absolute Gasteiger partial charge is 0.491 e. The number of benzene rings is 3. The van der Waals surface area contributed by atoms with E-state index in [-0.39, 0.29) is 22.8 Å². The van der Waals surface area contributed by atoms with Crippen molar-refractivity contribution in [1.82, 2.24) is 4.90 Å². The molecule has 4 rings (SSSR count). The third-order valence-corrected chi connectivity index (χ3v) is 5.89. The van der Waals surface area contributed by atoms with Gasteiger partial charge in [-0.1, -0.05) is 60.7 Å². The molecule has 3 aromatic rings. The average Bonchev–Trinajstić information content (AvgIpc) is 3.08. The minimum atomic E-state index is -5.25. The summed E-state index contributed by atoms with van der Waals surface area (Å²) in [5.74, 6) is -3.45. The SMILES string of the molecule is COc1c(-c2ccccc2)cccc1C1(c2ccc(C)cc2OC(=O)C(F)(F)F)N=C(N)N(C)C1=O. The molecule has 0 bridgehead atoms. The Balaban J connectivity index is 2.04. The molecule has 3 aromatic carbocycles. The second-order valence-electron chi connectivity index (χ2n) is 8.18. The zero-order chi connectivity index (χ0) is 26.3. The number of hydrogen-bond acceptors (Lipinski definition) is 6. The molecule has 0 saturated heterocycles. The molecule has 1 amide bonds. The van der Waals surface area contributed by atoms with E-state index in [9.17, 15) is 22.8 Å². The average molecular weight is 497 g/mol. The Hall–Kier alpha value is -4.34. The van der Waals surface area contributed by atoms with Crippen LogP contribution < -0.4 is 15.2 Å². The van der Waals surface area contributed by atoms with E-state index in [0.717, 1.165) is 10.5 Å². The quantitative estimate of drug-likeness (QED) is 0.422. The van der Waals surface area contributed by atoms with Crippen LogP contribution in [0.25, 0.3) is 11.1 Å². The van der Waals surface area contributed by atoms with Gasteiger partial charge in [0.25, 0.3) is 5.91 Å². The van der Waals surface area contributed by atoms with E-state index in [1.807, 2.05) is 30.3 Å². The topological polar surface area (TPSA) is 94.2 Å². The number of rotatable bonds is 5. The molecule has 0 aliphatic carbocycles. The van der Waals surface area contributed by atoms with Gasteiger partial charge in [0.1, 0.15) is 11.5 Å². The van der Waals surface area contributed by atoms with Gasteiger partial charge in [0.05, 0.1) is 7.11 Å². The molecule has 1 aliphatic heterocycles. The van der Waals surface area contributed by atoms with Crippen LogP contribution in [-0.2, 0) is 15.1 Å². The van der Waals surface area contributed by atoms with Gasteiger partial charge in [-0.25, -0.2) is 9.79 Å². The van der Waals surface area contributed by atoms with Crippen molar-refractivity contribution in [2.24, 2.45) is 10.7 Å². The van der Waals surface area contributed by atoms with Crippen molar-refractivity contribution in [3.8, 4) is 22.6 Å². The molecule has 0 aromatic heterocycles. The molecule has 186 valence electrons. The number of methoxy groups -OCH3 is 1. The van der Waals surface area contributed by atoms with Gasteiger partial charge in [-0.15, -0.1) is 0 Å². The number of guanidine groups is 1. The standard InChI is InChI=1S/C26H22F3N3O4/c1-15-12-13-18(20(14-15)36-23(34)26(27,28)29)25(22(33)32(2)24(30)31-25)19-11-7-10-17(21(19)35-3)16-8-5-4-6-9-16/h4-14H,1-3H3,(H2,30,31). The summed E-state index contributed by atoms with van der Waals surface area (Å²) in [6, 6.07) is 18.4. The lowest BCUT2D eigenvalue weighted by Crippen LogP contribution is -2.42. The Kier molecular flexibility index (Phi) is 6.21. The van der Waals surface area contributed by atoms with Gasteiger partial charge in [-0.3, -0.25) is 9.69 Å². The zero-order valence-electron chi connectivity index (χ0n) is 19.6. The Bertz CT molecular complexity index is 1370. The van der Waals surface area contributed by atoms with Crippen molar-refractivity contribution < 1.29 is 32.2 Å². The Labute approximate surface area is 205 Å². The number of likely N-dealkylation sites (N-methyl/N-ethyl adjacent to an activating group) is 1. The number of halogens is 3. The minimum Gasteiger partial charge on any atom is -0.496 e. The fourth-order valence-corrected chi connectivity index (χ4v) is 4.19. The van der Waals surface area contributed by atoms with Crippen molar-refractivity contribution in [2.75, 3.05) is 14.2 Å². The lowest BCUT2D eigenvalue weighted by atomic mass is 9.80. The lowest BCUT2D eigenvalue weighted by molar-refractivity contribution is -0.189. The number of carbonyl (C=O) groups is 2. The molecule has 36 heavy (non-hydrogen) atoms. The lowest BCUT2D eigenvalue weighted by Gasteiger charge is -2.30. The molecule has 0 radical (unpaired) electrons. The summed E-state index contributed by atoms with van der Waals surface area (Å²) in [6.45, 7) is 1.61. The zero-order valence-corrected chi connectivity index (χ0v) is 19.6. The van der Waals surface area contributed by atoms with E-state index in [1.165, 1.54) is 26.3 Å². The van der Waals surface area contributed by atoms with Gasteiger partial charge in [0, 0.05) is 23.7 Å². The van der Waals surface area contributed by atoms with E-state index in [1.54, 1.807) is 31.2 Å². The first kappa shape index (κ1) is 24.8. The van der Waals surface area contributed by atoms with Gasteiger partial charge in [0.2, 0.25) is 5.54 Å². The number of amides is 1. The number of para-hydroxylation sites is 1. The third-order valence-electron chi connectivity index (χ3n) is 5.89. The van der Waals surface area contributed by atoms with E-state index in [4.69, 9.17) is 15.2 Å². The van der Waals surface area contributed by atoms with Gasteiger partial charge in [0.15, 0.2) is 5.96 Å². The predicted molar refractivity (Wildman–Crippen MR) is 126 cm³/mol. The van der Waals surface area contributed by atoms with E-state index >= 15 is 0 Å². The maximum Gasteiger partial charge on any atom is 0.491 e. The summed E-state index contributed by atoms with van der Waals surface area (Å²) in [5, 5.41) is 0.